The Labute approximate surface area is 140 Å². The summed E-state index contributed by atoms with van der Waals surface area (Å²) < 4.78 is 18.7. The SMILES string of the molecule is O=C(O)[C@H]1CC[C@@H](NC(=O)C2(c3ccc(F)cc3)CCOCC2)C1. The first kappa shape index (κ1) is 16.9. The van der Waals surface area contributed by atoms with Gasteiger partial charge in [0, 0.05) is 19.3 Å². The molecule has 1 saturated carbocycles. The van der Waals surface area contributed by atoms with E-state index in [-0.39, 0.29) is 23.7 Å². The normalized spacial score (nSPS) is 26.0. The summed E-state index contributed by atoms with van der Waals surface area (Å²) in [5.41, 5.74) is 0.0604. The minimum Gasteiger partial charge on any atom is -0.481 e. The zero-order valence-corrected chi connectivity index (χ0v) is 13.5. The van der Waals surface area contributed by atoms with Gasteiger partial charge in [0.25, 0.3) is 0 Å². The zero-order chi connectivity index (χ0) is 17.2. The fraction of sp³-hybridized carbons (Fsp3) is 0.556. The maximum absolute atomic E-state index is 13.2. The van der Waals surface area contributed by atoms with Crippen LogP contribution in [0.15, 0.2) is 24.3 Å². The van der Waals surface area contributed by atoms with E-state index in [0.717, 1.165) is 5.56 Å². The molecule has 2 N–H and O–H groups in total. The van der Waals surface area contributed by atoms with E-state index in [0.29, 0.717) is 45.3 Å². The Morgan fingerprint density at radius 3 is 2.42 bits per heavy atom. The second kappa shape index (κ2) is 6.89. The Balaban J connectivity index is 1.77. The van der Waals surface area contributed by atoms with E-state index in [1.807, 2.05) is 0 Å². The van der Waals surface area contributed by atoms with Crippen molar-refractivity contribution in [2.24, 2.45) is 5.92 Å². The number of carboxylic acids is 1. The van der Waals surface area contributed by atoms with Gasteiger partial charge in [-0.1, -0.05) is 12.1 Å². The highest BCUT2D eigenvalue weighted by atomic mass is 19.1. The Hall–Kier alpha value is -1.95. The molecule has 3 rings (SSSR count). The average Bonchev–Trinajstić information content (AvgIpc) is 3.05. The van der Waals surface area contributed by atoms with Crippen LogP contribution in [0.4, 0.5) is 4.39 Å². The highest BCUT2D eigenvalue weighted by molar-refractivity contribution is 5.88. The molecule has 1 aliphatic carbocycles. The number of nitrogens with one attached hydrogen (secondary N) is 1. The maximum atomic E-state index is 13.2. The topological polar surface area (TPSA) is 75.6 Å². The molecule has 0 spiro atoms. The number of carbonyl (C=O) groups excluding carboxylic acids is 1. The first-order chi connectivity index (χ1) is 11.5. The molecule has 0 radical (unpaired) electrons. The van der Waals surface area contributed by atoms with Crippen LogP contribution in [0.25, 0.3) is 0 Å². The minimum atomic E-state index is -0.800. The summed E-state index contributed by atoms with van der Waals surface area (Å²) >= 11 is 0. The number of rotatable bonds is 4. The molecule has 2 atom stereocenters. The molecule has 0 unspecified atom stereocenters. The summed E-state index contributed by atoms with van der Waals surface area (Å²) in [7, 11) is 0. The summed E-state index contributed by atoms with van der Waals surface area (Å²) in [6.45, 7) is 0.959. The molecule has 1 aromatic rings. The van der Waals surface area contributed by atoms with Crippen molar-refractivity contribution in [3.63, 3.8) is 0 Å². The van der Waals surface area contributed by atoms with Crippen molar-refractivity contribution in [3.05, 3.63) is 35.6 Å². The van der Waals surface area contributed by atoms with Gasteiger partial charge in [0.1, 0.15) is 5.82 Å². The minimum absolute atomic E-state index is 0.103. The van der Waals surface area contributed by atoms with Crippen molar-refractivity contribution in [3.8, 4) is 0 Å². The second-order valence-electron chi connectivity index (χ2n) is 6.72. The van der Waals surface area contributed by atoms with E-state index in [1.54, 1.807) is 12.1 Å². The summed E-state index contributed by atoms with van der Waals surface area (Å²) in [5.74, 6) is -1.62. The number of hydrogen-bond acceptors (Lipinski definition) is 3. The summed E-state index contributed by atoms with van der Waals surface area (Å²) in [6, 6.07) is 5.95. The van der Waals surface area contributed by atoms with E-state index in [4.69, 9.17) is 9.84 Å². The van der Waals surface area contributed by atoms with Gasteiger partial charge in [-0.3, -0.25) is 9.59 Å². The molecule has 5 nitrogen and oxygen atoms in total. The van der Waals surface area contributed by atoms with Crippen LogP contribution >= 0.6 is 0 Å². The number of aliphatic carboxylic acids is 1. The van der Waals surface area contributed by atoms with Gasteiger partial charge in [-0.05, 0) is 49.8 Å². The largest absolute Gasteiger partial charge is 0.481 e. The number of benzene rings is 1. The number of ether oxygens (including phenoxy) is 1. The van der Waals surface area contributed by atoms with Crippen molar-refractivity contribution in [2.75, 3.05) is 13.2 Å². The first-order valence-corrected chi connectivity index (χ1v) is 8.39. The van der Waals surface area contributed by atoms with Gasteiger partial charge in [0.2, 0.25) is 5.91 Å². The van der Waals surface area contributed by atoms with Crippen molar-refractivity contribution in [1.82, 2.24) is 5.32 Å². The number of carboxylic acid groups (broad SMARTS) is 1. The molecule has 130 valence electrons. The molecule has 1 aliphatic heterocycles. The number of amides is 1. The van der Waals surface area contributed by atoms with Gasteiger partial charge in [-0.15, -0.1) is 0 Å². The van der Waals surface area contributed by atoms with Crippen LogP contribution in [0.2, 0.25) is 0 Å². The van der Waals surface area contributed by atoms with Crippen LogP contribution in [-0.2, 0) is 19.7 Å². The van der Waals surface area contributed by atoms with E-state index in [1.165, 1.54) is 12.1 Å². The van der Waals surface area contributed by atoms with Gasteiger partial charge >= 0.3 is 5.97 Å². The van der Waals surface area contributed by atoms with Crippen molar-refractivity contribution >= 4 is 11.9 Å². The molecule has 2 aliphatic rings. The van der Waals surface area contributed by atoms with Crippen molar-refractivity contribution in [1.29, 1.82) is 0 Å². The predicted molar refractivity (Wildman–Crippen MR) is 85.0 cm³/mol. The number of carbonyl (C=O) groups is 2. The molecule has 1 saturated heterocycles. The van der Waals surface area contributed by atoms with Gasteiger partial charge in [-0.2, -0.15) is 0 Å². The zero-order valence-electron chi connectivity index (χ0n) is 13.5. The van der Waals surface area contributed by atoms with E-state index < -0.39 is 11.4 Å². The van der Waals surface area contributed by atoms with Gasteiger partial charge in [-0.25, -0.2) is 4.39 Å². The highest BCUT2D eigenvalue weighted by Crippen LogP contribution is 2.36. The third-order valence-electron chi connectivity index (χ3n) is 5.29. The Bertz CT molecular complexity index is 610. The van der Waals surface area contributed by atoms with Crippen LogP contribution in [-0.4, -0.2) is 36.2 Å². The smallest absolute Gasteiger partial charge is 0.306 e. The average molecular weight is 335 g/mol. The lowest BCUT2D eigenvalue weighted by molar-refractivity contribution is -0.141. The van der Waals surface area contributed by atoms with Crippen LogP contribution < -0.4 is 5.32 Å². The molecule has 6 heteroatoms. The lowest BCUT2D eigenvalue weighted by Crippen LogP contribution is -2.50. The number of halogens is 1. The predicted octanol–water partition coefficient (Wildman–Crippen LogP) is 2.24. The van der Waals surface area contributed by atoms with Crippen molar-refractivity contribution < 1.29 is 23.8 Å². The lowest BCUT2D eigenvalue weighted by atomic mass is 9.73. The lowest BCUT2D eigenvalue weighted by Gasteiger charge is -2.37. The molecule has 1 amide bonds. The fourth-order valence-corrected chi connectivity index (χ4v) is 3.80. The molecular formula is C18H22FNO4. The second-order valence-corrected chi connectivity index (χ2v) is 6.72. The van der Waals surface area contributed by atoms with Gasteiger partial charge in [0.05, 0.1) is 11.3 Å². The van der Waals surface area contributed by atoms with E-state index >= 15 is 0 Å². The fourth-order valence-electron chi connectivity index (χ4n) is 3.80. The molecule has 24 heavy (non-hydrogen) atoms. The van der Waals surface area contributed by atoms with Crippen LogP contribution in [0.5, 0.6) is 0 Å². The maximum Gasteiger partial charge on any atom is 0.306 e. The van der Waals surface area contributed by atoms with Crippen molar-refractivity contribution in [2.45, 2.75) is 43.6 Å². The molecular weight excluding hydrogens is 313 g/mol. The third kappa shape index (κ3) is 3.29. The molecule has 2 fully saturated rings. The van der Waals surface area contributed by atoms with Crippen LogP contribution in [0, 0.1) is 11.7 Å². The van der Waals surface area contributed by atoms with E-state index in [9.17, 15) is 14.0 Å². The Morgan fingerprint density at radius 1 is 1.17 bits per heavy atom. The Kier molecular flexibility index (Phi) is 4.85. The molecule has 0 bridgehead atoms. The monoisotopic (exact) mass is 335 g/mol. The molecule has 0 aromatic heterocycles. The van der Waals surface area contributed by atoms with E-state index in [2.05, 4.69) is 5.32 Å². The van der Waals surface area contributed by atoms with Gasteiger partial charge in [0.15, 0.2) is 0 Å². The molecule has 1 heterocycles. The highest BCUT2D eigenvalue weighted by Gasteiger charge is 2.43. The number of hydrogen-bond donors (Lipinski definition) is 2. The quantitative estimate of drug-likeness (QED) is 0.885. The summed E-state index contributed by atoms with van der Waals surface area (Å²) in [5, 5.41) is 12.1. The summed E-state index contributed by atoms with van der Waals surface area (Å²) in [4.78, 5) is 24.1. The Morgan fingerprint density at radius 2 is 1.83 bits per heavy atom. The van der Waals surface area contributed by atoms with Crippen LogP contribution in [0.1, 0.15) is 37.7 Å². The third-order valence-corrected chi connectivity index (χ3v) is 5.29. The first-order valence-electron chi connectivity index (χ1n) is 8.39. The summed E-state index contributed by atoms with van der Waals surface area (Å²) in [6.07, 6.45) is 2.82. The molecule has 1 aromatic carbocycles. The van der Waals surface area contributed by atoms with Gasteiger partial charge < -0.3 is 15.2 Å². The standard InChI is InChI=1S/C18H22FNO4/c19-14-4-2-13(3-5-14)18(7-9-24-10-8-18)17(23)20-15-6-1-12(11-15)16(21)22/h2-5,12,15H,1,6-11H2,(H,20,23)(H,21,22)/t12-,15+/m0/s1. The van der Waals surface area contributed by atoms with Crippen LogP contribution in [0.3, 0.4) is 0 Å².